The average Bonchev–Trinajstić information content (AvgIpc) is 3.23. The van der Waals surface area contributed by atoms with E-state index in [0.717, 1.165) is 17.2 Å². The summed E-state index contributed by atoms with van der Waals surface area (Å²) in [5.74, 6) is -0.531. The van der Waals surface area contributed by atoms with Gasteiger partial charge in [-0.1, -0.05) is 66.7 Å². The predicted octanol–water partition coefficient (Wildman–Crippen LogP) is 6.10. The summed E-state index contributed by atoms with van der Waals surface area (Å²) >= 11 is 0. The molecule has 32 heavy (non-hydrogen) atoms. The number of nitrogens with zero attached hydrogens (tertiary/aromatic N) is 1. The van der Waals surface area contributed by atoms with Gasteiger partial charge in [0.05, 0.1) is 6.04 Å². The Morgan fingerprint density at radius 2 is 1.62 bits per heavy atom. The molecule has 1 heterocycles. The van der Waals surface area contributed by atoms with E-state index in [4.69, 9.17) is 4.42 Å². The highest BCUT2D eigenvalue weighted by Gasteiger charge is 2.19. The molecule has 1 atom stereocenters. The maximum atomic E-state index is 14.0. The van der Waals surface area contributed by atoms with Crippen LogP contribution in [0.2, 0.25) is 0 Å². The van der Waals surface area contributed by atoms with Gasteiger partial charge in [-0.2, -0.15) is 0 Å². The smallest absolute Gasteiger partial charge is 0.220 e. The van der Waals surface area contributed by atoms with Gasteiger partial charge in [0.1, 0.15) is 17.3 Å². The lowest BCUT2D eigenvalue weighted by molar-refractivity contribution is -0.121. The fourth-order valence-corrected chi connectivity index (χ4v) is 3.51. The normalized spacial score (nSPS) is 11.8. The lowest BCUT2D eigenvalue weighted by Crippen LogP contribution is -2.27. The maximum absolute atomic E-state index is 14.0. The van der Waals surface area contributed by atoms with Crippen LogP contribution >= 0.6 is 0 Å². The molecule has 0 fully saturated rings. The van der Waals surface area contributed by atoms with E-state index < -0.39 is 17.7 Å². The van der Waals surface area contributed by atoms with Crippen LogP contribution in [0.25, 0.3) is 22.6 Å². The summed E-state index contributed by atoms with van der Waals surface area (Å²) in [7, 11) is 0. The molecule has 0 bridgehead atoms. The highest BCUT2D eigenvalue weighted by atomic mass is 19.1. The number of halogens is 2. The number of hydrogen-bond acceptors (Lipinski definition) is 3. The van der Waals surface area contributed by atoms with Crippen LogP contribution in [0.1, 0.15) is 30.8 Å². The number of aromatic nitrogens is 1. The molecule has 4 aromatic rings. The Morgan fingerprint density at radius 3 is 2.28 bits per heavy atom. The molecule has 1 N–H and O–H groups in total. The van der Waals surface area contributed by atoms with Crippen molar-refractivity contribution in [1.29, 1.82) is 0 Å². The highest BCUT2D eigenvalue weighted by Crippen LogP contribution is 2.32. The van der Waals surface area contributed by atoms with Crippen LogP contribution in [0.3, 0.4) is 0 Å². The fourth-order valence-electron chi connectivity index (χ4n) is 3.51. The van der Waals surface area contributed by atoms with Crippen molar-refractivity contribution < 1.29 is 18.0 Å². The highest BCUT2D eigenvalue weighted by molar-refractivity contribution is 5.78. The Labute approximate surface area is 184 Å². The van der Waals surface area contributed by atoms with Crippen LogP contribution in [0.5, 0.6) is 0 Å². The summed E-state index contributed by atoms with van der Waals surface area (Å²) in [5.41, 5.74) is 2.77. The molecule has 162 valence electrons. The van der Waals surface area contributed by atoms with Crippen LogP contribution < -0.4 is 5.32 Å². The van der Waals surface area contributed by atoms with Gasteiger partial charge in [0, 0.05) is 35.6 Å². The second-order valence-electron chi connectivity index (χ2n) is 7.47. The largest absolute Gasteiger partial charge is 0.440 e. The van der Waals surface area contributed by atoms with Gasteiger partial charge in [-0.25, -0.2) is 13.8 Å². The minimum absolute atomic E-state index is 0.121. The molecule has 0 radical (unpaired) electrons. The number of oxazole rings is 1. The van der Waals surface area contributed by atoms with Crippen molar-refractivity contribution in [2.45, 2.75) is 25.8 Å². The summed E-state index contributed by atoms with van der Waals surface area (Å²) in [6.07, 6.45) is 0.410. The average molecular weight is 432 g/mol. The molecular formula is C26H22F2N2O2. The topological polar surface area (TPSA) is 55.1 Å². The zero-order chi connectivity index (χ0) is 22.5. The molecule has 3 aromatic carbocycles. The second kappa shape index (κ2) is 9.56. The number of nitrogens with one attached hydrogen (secondary N) is 1. The zero-order valence-electron chi connectivity index (χ0n) is 17.5. The van der Waals surface area contributed by atoms with Crippen molar-refractivity contribution in [3.63, 3.8) is 0 Å². The van der Waals surface area contributed by atoms with Gasteiger partial charge in [-0.3, -0.25) is 4.79 Å². The molecular weight excluding hydrogens is 410 g/mol. The molecule has 4 rings (SSSR count). The molecule has 0 saturated carbocycles. The number of rotatable bonds is 7. The molecule has 6 heteroatoms. The summed E-state index contributed by atoms with van der Waals surface area (Å²) in [6, 6.07) is 22.1. The minimum Gasteiger partial charge on any atom is -0.440 e. The van der Waals surface area contributed by atoms with Gasteiger partial charge in [-0.15, -0.1) is 0 Å². The molecule has 1 unspecified atom stereocenters. The van der Waals surface area contributed by atoms with Crippen LogP contribution in [0.15, 0.2) is 83.3 Å². The van der Waals surface area contributed by atoms with E-state index in [1.54, 1.807) is 6.92 Å². The monoisotopic (exact) mass is 432 g/mol. The first-order chi connectivity index (χ1) is 15.5. The lowest BCUT2D eigenvalue weighted by Gasteiger charge is -2.14. The molecule has 1 amide bonds. The van der Waals surface area contributed by atoms with E-state index in [2.05, 4.69) is 10.3 Å². The first-order valence-electron chi connectivity index (χ1n) is 10.4. The third-order valence-electron chi connectivity index (χ3n) is 5.13. The lowest BCUT2D eigenvalue weighted by atomic mass is 10.1. The Balaban J connectivity index is 1.48. The van der Waals surface area contributed by atoms with E-state index in [0.29, 0.717) is 17.3 Å². The molecule has 0 spiro atoms. The molecule has 0 aliphatic rings. The first-order valence-corrected chi connectivity index (χ1v) is 10.4. The predicted molar refractivity (Wildman–Crippen MR) is 119 cm³/mol. The number of carbonyl (C=O) groups is 1. The molecule has 0 aliphatic carbocycles. The number of benzene rings is 3. The van der Waals surface area contributed by atoms with Gasteiger partial charge in [0.2, 0.25) is 5.91 Å². The number of hydrogen-bond donors (Lipinski definition) is 1. The van der Waals surface area contributed by atoms with Gasteiger partial charge in [-0.05, 0) is 13.0 Å². The molecule has 4 nitrogen and oxygen atoms in total. The van der Waals surface area contributed by atoms with Crippen molar-refractivity contribution in [2.75, 3.05) is 0 Å². The Hall–Kier alpha value is -3.80. The quantitative estimate of drug-likeness (QED) is 0.384. The van der Waals surface area contributed by atoms with E-state index in [1.807, 2.05) is 60.7 Å². The minimum atomic E-state index is -0.689. The molecule has 0 aliphatic heterocycles. The van der Waals surface area contributed by atoms with Gasteiger partial charge in [0.15, 0.2) is 11.7 Å². The van der Waals surface area contributed by atoms with Crippen LogP contribution in [-0.4, -0.2) is 10.9 Å². The van der Waals surface area contributed by atoms with E-state index >= 15 is 0 Å². The fraction of sp³-hybridized carbons (Fsp3) is 0.154. The Bertz CT molecular complexity index is 1150. The summed E-state index contributed by atoms with van der Waals surface area (Å²) < 4.78 is 33.1. The number of carbonyl (C=O) groups excluding carboxylic acids is 1. The molecule has 0 saturated heterocycles. The van der Waals surface area contributed by atoms with Crippen LogP contribution in [0.4, 0.5) is 8.78 Å². The van der Waals surface area contributed by atoms with Gasteiger partial charge in [0.25, 0.3) is 0 Å². The summed E-state index contributed by atoms with van der Waals surface area (Å²) in [6.45, 7) is 1.65. The van der Waals surface area contributed by atoms with Gasteiger partial charge >= 0.3 is 0 Å². The van der Waals surface area contributed by atoms with Crippen LogP contribution in [-0.2, 0) is 11.2 Å². The standard InChI is InChI=1S/C26H22F2N2O2/c1-17(21-13-12-20(27)16-22(21)28)29-23(31)14-15-24-30-25(18-8-4-2-5-9-18)26(32-24)19-10-6-3-7-11-19/h2-13,16-17H,14-15H2,1H3,(H,29,31). The van der Waals surface area contributed by atoms with Crippen molar-refractivity contribution in [3.05, 3.63) is 102 Å². The van der Waals surface area contributed by atoms with Crippen molar-refractivity contribution in [2.24, 2.45) is 0 Å². The van der Waals surface area contributed by atoms with Gasteiger partial charge < -0.3 is 9.73 Å². The zero-order valence-corrected chi connectivity index (χ0v) is 17.5. The first kappa shape index (κ1) is 21.4. The van der Waals surface area contributed by atoms with Crippen molar-refractivity contribution in [3.8, 4) is 22.6 Å². The summed E-state index contributed by atoms with van der Waals surface area (Å²) in [5, 5.41) is 2.74. The Morgan fingerprint density at radius 1 is 0.969 bits per heavy atom. The van der Waals surface area contributed by atoms with Crippen molar-refractivity contribution >= 4 is 5.91 Å². The van der Waals surface area contributed by atoms with E-state index in [1.165, 1.54) is 12.1 Å². The number of aryl methyl sites for hydroxylation is 1. The maximum Gasteiger partial charge on any atom is 0.220 e. The van der Waals surface area contributed by atoms with Crippen LogP contribution in [0, 0.1) is 11.6 Å². The number of amides is 1. The third kappa shape index (κ3) is 4.91. The molecule has 1 aromatic heterocycles. The second-order valence-corrected chi connectivity index (χ2v) is 7.47. The third-order valence-corrected chi connectivity index (χ3v) is 5.13. The van der Waals surface area contributed by atoms with Crippen molar-refractivity contribution in [1.82, 2.24) is 10.3 Å². The Kier molecular flexibility index (Phi) is 6.40. The van der Waals surface area contributed by atoms with E-state index in [-0.39, 0.29) is 24.3 Å². The van der Waals surface area contributed by atoms with E-state index in [9.17, 15) is 13.6 Å². The summed E-state index contributed by atoms with van der Waals surface area (Å²) in [4.78, 5) is 17.1. The SMILES string of the molecule is CC(NC(=O)CCc1nc(-c2ccccc2)c(-c2ccccc2)o1)c1ccc(F)cc1F.